The van der Waals surface area contributed by atoms with Crippen LogP contribution in [0, 0.1) is 0 Å². The lowest BCUT2D eigenvalue weighted by molar-refractivity contribution is -0.141. The summed E-state index contributed by atoms with van der Waals surface area (Å²) in [4.78, 5) is 25.7. The van der Waals surface area contributed by atoms with Gasteiger partial charge in [-0.15, -0.1) is 23.1 Å². The van der Waals surface area contributed by atoms with Crippen LogP contribution in [0.1, 0.15) is 11.8 Å². The number of carbonyl (C=O) groups is 2. The third-order valence-electron chi connectivity index (χ3n) is 3.02. The van der Waals surface area contributed by atoms with E-state index in [9.17, 15) is 9.59 Å². The molecular formula is C12H15ClN2O3S2. The number of hydrogen-bond acceptors (Lipinski definition) is 4. The molecular weight excluding hydrogens is 320 g/mol. The lowest BCUT2D eigenvalue weighted by Gasteiger charge is -2.25. The third-order valence-corrected chi connectivity index (χ3v) is 5.53. The number of amides is 2. The van der Waals surface area contributed by atoms with Crippen molar-refractivity contribution in [2.24, 2.45) is 0 Å². The van der Waals surface area contributed by atoms with Gasteiger partial charge < -0.3 is 10.4 Å². The van der Waals surface area contributed by atoms with Crippen LogP contribution >= 0.6 is 34.7 Å². The highest BCUT2D eigenvalue weighted by molar-refractivity contribution is 8.00. The molecule has 0 aromatic carbocycles. The Kier molecular flexibility index (Phi) is 5.17. The molecule has 0 spiro atoms. The molecule has 8 heteroatoms. The van der Waals surface area contributed by atoms with Gasteiger partial charge in [0.2, 0.25) is 0 Å². The average Bonchev–Trinajstić information content (AvgIpc) is 2.95. The maximum absolute atomic E-state index is 12.1. The number of urea groups is 1. The average molecular weight is 335 g/mol. The summed E-state index contributed by atoms with van der Waals surface area (Å²) in [5.41, 5.74) is 0. The highest BCUT2D eigenvalue weighted by atomic mass is 35.5. The molecule has 5 nitrogen and oxygen atoms in total. The zero-order chi connectivity index (χ0) is 14.7. The Bertz CT molecular complexity index is 509. The Balaban J connectivity index is 1.86. The fraction of sp³-hybridized carbons (Fsp3) is 0.500. The van der Waals surface area contributed by atoms with Crippen molar-refractivity contribution in [1.29, 1.82) is 0 Å². The Morgan fingerprint density at radius 3 is 2.90 bits per heavy atom. The standard InChI is InChI=1S/C12H15ClN2O3S2/c1-7-15(9(6-19-7)11(16)17)12(18)14-5-4-8-2-3-10(13)20-8/h2-3,7,9H,4-6H2,1H3,(H,14,18)(H,16,17). The molecule has 1 aromatic heterocycles. The van der Waals surface area contributed by atoms with E-state index in [1.54, 1.807) is 0 Å². The number of nitrogens with zero attached hydrogens (tertiary/aromatic N) is 1. The predicted molar refractivity (Wildman–Crippen MR) is 81.6 cm³/mol. The van der Waals surface area contributed by atoms with E-state index >= 15 is 0 Å². The maximum atomic E-state index is 12.1. The molecule has 2 rings (SSSR count). The van der Waals surface area contributed by atoms with Crippen molar-refractivity contribution in [3.05, 3.63) is 21.3 Å². The Labute approximate surface area is 130 Å². The Hall–Kier alpha value is -0.920. The lowest BCUT2D eigenvalue weighted by atomic mass is 10.3. The summed E-state index contributed by atoms with van der Waals surface area (Å²) in [7, 11) is 0. The number of hydrogen-bond donors (Lipinski definition) is 2. The Morgan fingerprint density at radius 2 is 2.30 bits per heavy atom. The van der Waals surface area contributed by atoms with Gasteiger partial charge in [-0.25, -0.2) is 9.59 Å². The molecule has 2 heterocycles. The first-order chi connectivity index (χ1) is 9.49. The molecule has 1 aliphatic heterocycles. The van der Waals surface area contributed by atoms with Gasteiger partial charge in [-0.05, 0) is 25.5 Å². The van der Waals surface area contributed by atoms with Gasteiger partial charge in [0.1, 0.15) is 6.04 Å². The molecule has 1 fully saturated rings. The van der Waals surface area contributed by atoms with Gasteiger partial charge in [-0.1, -0.05) is 11.6 Å². The minimum absolute atomic E-state index is 0.118. The SMILES string of the molecule is CC1SCC(C(=O)O)N1C(=O)NCCc1ccc(Cl)s1. The number of carboxylic acid groups (broad SMARTS) is 1. The van der Waals surface area contributed by atoms with Crippen molar-refractivity contribution >= 4 is 46.7 Å². The fourth-order valence-corrected chi connectivity index (χ4v) is 4.27. The second kappa shape index (κ2) is 6.69. The lowest BCUT2D eigenvalue weighted by Crippen LogP contribution is -2.49. The van der Waals surface area contributed by atoms with Crippen molar-refractivity contribution < 1.29 is 14.7 Å². The number of aliphatic carboxylic acids is 1. The van der Waals surface area contributed by atoms with Gasteiger partial charge in [-0.3, -0.25) is 4.90 Å². The first-order valence-corrected chi connectivity index (χ1v) is 8.38. The maximum Gasteiger partial charge on any atom is 0.327 e. The van der Waals surface area contributed by atoms with Crippen molar-refractivity contribution in [2.45, 2.75) is 24.8 Å². The fourth-order valence-electron chi connectivity index (χ4n) is 2.01. The summed E-state index contributed by atoms with van der Waals surface area (Å²) in [6.45, 7) is 2.31. The number of thioether (sulfide) groups is 1. The predicted octanol–water partition coefficient (Wildman–Crippen LogP) is 2.50. The number of rotatable bonds is 4. The van der Waals surface area contributed by atoms with Gasteiger partial charge in [0.25, 0.3) is 0 Å². The molecule has 0 bridgehead atoms. The minimum Gasteiger partial charge on any atom is -0.480 e. The van der Waals surface area contributed by atoms with E-state index in [1.807, 2.05) is 19.1 Å². The van der Waals surface area contributed by atoms with Crippen LogP contribution in [-0.4, -0.2) is 45.7 Å². The van der Waals surface area contributed by atoms with Crippen molar-refractivity contribution in [2.75, 3.05) is 12.3 Å². The number of carboxylic acids is 1. The number of thiophene rings is 1. The molecule has 110 valence electrons. The molecule has 2 amide bonds. The minimum atomic E-state index is -0.956. The van der Waals surface area contributed by atoms with Crippen molar-refractivity contribution in [3.63, 3.8) is 0 Å². The van der Waals surface area contributed by atoms with Gasteiger partial charge in [0.05, 0.1) is 9.71 Å². The highest BCUT2D eigenvalue weighted by Gasteiger charge is 2.39. The van der Waals surface area contributed by atoms with E-state index in [0.717, 1.165) is 9.21 Å². The van der Waals surface area contributed by atoms with Gasteiger partial charge in [0, 0.05) is 17.2 Å². The largest absolute Gasteiger partial charge is 0.480 e. The van der Waals surface area contributed by atoms with Crippen LogP contribution in [0.5, 0.6) is 0 Å². The van der Waals surface area contributed by atoms with Gasteiger partial charge in [0.15, 0.2) is 0 Å². The smallest absolute Gasteiger partial charge is 0.327 e. The molecule has 1 aromatic rings. The second-order valence-corrected chi connectivity index (χ2v) is 7.53. The molecule has 20 heavy (non-hydrogen) atoms. The molecule has 0 aliphatic carbocycles. The molecule has 1 aliphatic rings. The van der Waals surface area contributed by atoms with Crippen molar-refractivity contribution in [3.8, 4) is 0 Å². The van der Waals surface area contributed by atoms with Gasteiger partial charge in [-0.2, -0.15) is 0 Å². The Morgan fingerprint density at radius 1 is 1.55 bits per heavy atom. The van der Waals surface area contributed by atoms with Crippen LogP contribution in [0.2, 0.25) is 4.34 Å². The van der Waals surface area contributed by atoms with Crippen LogP contribution < -0.4 is 5.32 Å². The zero-order valence-electron chi connectivity index (χ0n) is 10.8. The van der Waals surface area contributed by atoms with Crippen LogP contribution in [0.15, 0.2) is 12.1 Å². The van der Waals surface area contributed by atoms with E-state index < -0.39 is 12.0 Å². The highest BCUT2D eigenvalue weighted by Crippen LogP contribution is 2.28. The molecule has 0 saturated carbocycles. The van der Waals surface area contributed by atoms with Crippen LogP contribution in [0.4, 0.5) is 4.79 Å². The third kappa shape index (κ3) is 3.59. The number of halogens is 1. The summed E-state index contributed by atoms with van der Waals surface area (Å²) in [5.74, 6) is -0.521. The van der Waals surface area contributed by atoms with Crippen LogP contribution in [-0.2, 0) is 11.2 Å². The van der Waals surface area contributed by atoms with E-state index in [4.69, 9.17) is 16.7 Å². The van der Waals surface area contributed by atoms with Gasteiger partial charge >= 0.3 is 12.0 Å². The summed E-state index contributed by atoms with van der Waals surface area (Å²) in [6, 6.07) is 2.68. The molecule has 2 atom stereocenters. The summed E-state index contributed by atoms with van der Waals surface area (Å²) >= 11 is 8.79. The topological polar surface area (TPSA) is 69.6 Å². The number of carbonyl (C=O) groups excluding carboxylic acids is 1. The monoisotopic (exact) mass is 334 g/mol. The molecule has 2 unspecified atom stereocenters. The first-order valence-electron chi connectivity index (χ1n) is 6.14. The first kappa shape index (κ1) is 15.5. The summed E-state index contributed by atoms with van der Waals surface area (Å²) < 4.78 is 0.724. The quantitative estimate of drug-likeness (QED) is 0.887. The number of nitrogens with one attached hydrogen (secondary N) is 1. The van der Waals surface area contributed by atoms with E-state index in [-0.39, 0.29) is 11.4 Å². The zero-order valence-corrected chi connectivity index (χ0v) is 13.2. The van der Waals surface area contributed by atoms with E-state index in [2.05, 4.69) is 5.32 Å². The van der Waals surface area contributed by atoms with E-state index in [0.29, 0.717) is 18.7 Å². The van der Waals surface area contributed by atoms with Crippen LogP contribution in [0.25, 0.3) is 0 Å². The summed E-state index contributed by atoms with van der Waals surface area (Å²) in [5, 5.41) is 11.8. The molecule has 1 saturated heterocycles. The van der Waals surface area contributed by atoms with E-state index in [1.165, 1.54) is 28.0 Å². The molecule has 2 N–H and O–H groups in total. The van der Waals surface area contributed by atoms with Crippen molar-refractivity contribution in [1.82, 2.24) is 10.2 Å². The summed E-state index contributed by atoms with van der Waals surface area (Å²) in [6.07, 6.45) is 0.691. The normalized spacial score (nSPS) is 22.0. The second-order valence-electron chi connectivity index (χ2n) is 4.38. The van der Waals surface area contributed by atoms with Crippen LogP contribution in [0.3, 0.4) is 0 Å². The molecule has 0 radical (unpaired) electrons.